The van der Waals surface area contributed by atoms with Gasteiger partial charge in [0.15, 0.2) is 5.60 Å². The summed E-state index contributed by atoms with van der Waals surface area (Å²) in [5, 5.41) is 9.64. The van der Waals surface area contributed by atoms with Crippen molar-refractivity contribution in [2.75, 3.05) is 13.2 Å². The highest BCUT2D eigenvalue weighted by atomic mass is 79.9. The van der Waals surface area contributed by atoms with Crippen molar-refractivity contribution < 1.29 is 24.2 Å². The molecule has 0 amide bonds. The van der Waals surface area contributed by atoms with Crippen LogP contribution in [0.1, 0.15) is 214 Å². The van der Waals surface area contributed by atoms with Gasteiger partial charge in [-0.2, -0.15) is 0 Å². The van der Waals surface area contributed by atoms with E-state index in [1.807, 2.05) is 6.92 Å². The predicted octanol–water partition coefficient (Wildman–Crippen LogP) is 13.4. The molecule has 0 aromatic carbocycles. The van der Waals surface area contributed by atoms with Gasteiger partial charge < -0.3 is 14.6 Å². The van der Waals surface area contributed by atoms with Crippen LogP contribution < -0.4 is 0 Å². The number of aliphatic hydroxyl groups is 1. The largest absolute Gasteiger partial charge is 0.461 e. The summed E-state index contributed by atoms with van der Waals surface area (Å²) in [6.45, 7) is 8.11. The summed E-state index contributed by atoms with van der Waals surface area (Å²) < 4.78 is 10.9. The summed E-state index contributed by atoms with van der Waals surface area (Å²) in [5.41, 5.74) is -1.08. The standard InChI is InChI=1S/C43H79BrO5/c1-5-7-9-11-13-15-17-19-21-23-25-27-29-31-33-35-40(46)48-39-43(4,42(3,44)37-38-45)49-41(47)36-34-32-30-28-26-24-22-20-18-16-14-12-10-8-6-2/h19-22,45H,5-18,23-39H2,1-4H3/b21-19-,22-20-. The minimum absolute atomic E-state index is 0.0310. The second-order valence-electron chi connectivity index (χ2n) is 14.7. The Kier molecular flexibility index (Phi) is 33.2. The summed E-state index contributed by atoms with van der Waals surface area (Å²) in [4.78, 5) is 25.4. The number of rotatable bonds is 36. The summed E-state index contributed by atoms with van der Waals surface area (Å²) in [6, 6.07) is 0. The predicted molar refractivity (Wildman–Crippen MR) is 213 cm³/mol. The molecule has 6 heteroatoms. The van der Waals surface area contributed by atoms with Crippen molar-refractivity contribution in [3.05, 3.63) is 24.3 Å². The molecule has 2 unspecified atom stereocenters. The Hall–Kier alpha value is -1.14. The minimum Gasteiger partial charge on any atom is -0.461 e. The molecule has 0 saturated carbocycles. The first-order valence-corrected chi connectivity index (χ1v) is 21.5. The first-order chi connectivity index (χ1) is 23.7. The molecular formula is C43H79BrO5. The third kappa shape index (κ3) is 29.2. The quantitative estimate of drug-likeness (QED) is 0.0298. The number of hydrogen-bond acceptors (Lipinski definition) is 5. The second kappa shape index (κ2) is 34.0. The van der Waals surface area contributed by atoms with E-state index in [4.69, 9.17) is 9.47 Å². The smallest absolute Gasteiger partial charge is 0.306 e. The molecule has 0 saturated heterocycles. The number of allylic oxidation sites excluding steroid dienone is 4. The van der Waals surface area contributed by atoms with Gasteiger partial charge in [0, 0.05) is 19.4 Å². The Bertz CT molecular complexity index is 823. The first-order valence-electron chi connectivity index (χ1n) is 20.7. The molecule has 0 rings (SSSR count). The zero-order chi connectivity index (χ0) is 36.3. The Labute approximate surface area is 312 Å². The van der Waals surface area contributed by atoms with Gasteiger partial charge in [-0.25, -0.2) is 0 Å². The maximum atomic E-state index is 12.9. The molecule has 2 atom stereocenters. The monoisotopic (exact) mass is 755 g/mol. The van der Waals surface area contributed by atoms with Crippen molar-refractivity contribution >= 4 is 27.9 Å². The van der Waals surface area contributed by atoms with Crippen LogP contribution in [0.3, 0.4) is 0 Å². The first kappa shape index (κ1) is 47.9. The molecule has 0 spiro atoms. The Morgan fingerprint density at radius 2 is 0.898 bits per heavy atom. The minimum atomic E-state index is -1.08. The van der Waals surface area contributed by atoms with E-state index < -0.39 is 9.93 Å². The molecule has 0 bridgehead atoms. The number of halogens is 1. The highest BCUT2D eigenvalue weighted by molar-refractivity contribution is 9.10. The SMILES string of the molecule is CCCCCCCC/C=C\CCCCCCCC(=O)OCC(C)(OC(=O)CCCCCCC/C=C\CCCCCCCC)C(C)(Br)CCO. The van der Waals surface area contributed by atoms with Gasteiger partial charge in [-0.1, -0.05) is 157 Å². The Morgan fingerprint density at radius 3 is 1.29 bits per heavy atom. The molecule has 0 fully saturated rings. The Morgan fingerprint density at radius 1 is 0.551 bits per heavy atom. The average molecular weight is 756 g/mol. The number of unbranched alkanes of at least 4 members (excludes halogenated alkanes) is 22. The summed E-state index contributed by atoms with van der Waals surface area (Å²) in [6.07, 6.45) is 41.9. The molecule has 49 heavy (non-hydrogen) atoms. The van der Waals surface area contributed by atoms with Crippen LogP contribution in [0.2, 0.25) is 0 Å². The van der Waals surface area contributed by atoms with E-state index in [0.717, 1.165) is 51.4 Å². The van der Waals surface area contributed by atoms with Crippen molar-refractivity contribution in [2.24, 2.45) is 0 Å². The van der Waals surface area contributed by atoms with Crippen LogP contribution in [0.25, 0.3) is 0 Å². The molecule has 288 valence electrons. The highest BCUT2D eigenvalue weighted by Gasteiger charge is 2.47. The zero-order valence-corrected chi connectivity index (χ0v) is 34.3. The third-order valence-electron chi connectivity index (χ3n) is 9.82. The number of esters is 2. The molecule has 1 N–H and O–H groups in total. The van der Waals surface area contributed by atoms with E-state index in [1.54, 1.807) is 6.92 Å². The van der Waals surface area contributed by atoms with Crippen molar-refractivity contribution in [1.29, 1.82) is 0 Å². The van der Waals surface area contributed by atoms with Gasteiger partial charge in [0.25, 0.3) is 0 Å². The van der Waals surface area contributed by atoms with E-state index in [9.17, 15) is 14.7 Å². The average Bonchev–Trinajstić information content (AvgIpc) is 3.07. The van der Waals surface area contributed by atoms with Gasteiger partial charge in [-0.3, -0.25) is 9.59 Å². The lowest BCUT2D eigenvalue weighted by molar-refractivity contribution is -0.175. The molecular weight excluding hydrogens is 676 g/mol. The van der Waals surface area contributed by atoms with Crippen LogP contribution >= 0.6 is 15.9 Å². The number of aliphatic hydroxyl groups excluding tert-OH is 1. The lowest BCUT2D eigenvalue weighted by Crippen LogP contribution is -2.53. The number of hydrogen-bond donors (Lipinski definition) is 1. The molecule has 0 aliphatic heterocycles. The summed E-state index contributed by atoms with van der Waals surface area (Å²) in [5.74, 6) is -0.540. The van der Waals surface area contributed by atoms with Gasteiger partial charge in [-0.15, -0.1) is 0 Å². The van der Waals surface area contributed by atoms with Crippen LogP contribution in [0.4, 0.5) is 0 Å². The van der Waals surface area contributed by atoms with Crippen molar-refractivity contribution in [2.45, 2.75) is 224 Å². The fourth-order valence-electron chi connectivity index (χ4n) is 6.03. The number of carbonyl (C=O) groups excluding carboxylic acids is 2. The van der Waals surface area contributed by atoms with E-state index >= 15 is 0 Å². The van der Waals surface area contributed by atoms with Crippen LogP contribution in [0.15, 0.2) is 24.3 Å². The van der Waals surface area contributed by atoms with Crippen LogP contribution in [0.5, 0.6) is 0 Å². The number of carbonyl (C=O) groups is 2. The summed E-state index contributed by atoms with van der Waals surface area (Å²) >= 11 is 3.68. The van der Waals surface area contributed by atoms with E-state index in [0.29, 0.717) is 19.3 Å². The van der Waals surface area contributed by atoms with Crippen LogP contribution in [-0.4, -0.2) is 40.2 Å². The second-order valence-corrected chi connectivity index (χ2v) is 16.5. The molecule has 0 aliphatic carbocycles. The molecule has 0 heterocycles. The topological polar surface area (TPSA) is 72.8 Å². The summed E-state index contributed by atoms with van der Waals surface area (Å²) in [7, 11) is 0. The number of ether oxygens (including phenoxy) is 2. The fraction of sp³-hybridized carbons (Fsp3) is 0.860. The Balaban J connectivity index is 4.16. The van der Waals surface area contributed by atoms with Crippen LogP contribution in [-0.2, 0) is 19.1 Å². The molecule has 5 nitrogen and oxygen atoms in total. The van der Waals surface area contributed by atoms with E-state index in [2.05, 4.69) is 54.1 Å². The van der Waals surface area contributed by atoms with Crippen molar-refractivity contribution in [3.8, 4) is 0 Å². The molecule has 0 radical (unpaired) electrons. The molecule has 0 aromatic rings. The van der Waals surface area contributed by atoms with Crippen molar-refractivity contribution in [1.82, 2.24) is 0 Å². The highest BCUT2D eigenvalue weighted by Crippen LogP contribution is 2.38. The van der Waals surface area contributed by atoms with Crippen LogP contribution in [0, 0.1) is 0 Å². The van der Waals surface area contributed by atoms with E-state index in [1.165, 1.54) is 116 Å². The van der Waals surface area contributed by atoms with Gasteiger partial charge in [-0.05, 0) is 84.5 Å². The maximum Gasteiger partial charge on any atom is 0.306 e. The molecule has 0 aliphatic rings. The van der Waals surface area contributed by atoms with Gasteiger partial charge in [0.1, 0.15) is 6.61 Å². The normalized spacial score (nSPS) is 14.3. The van der Waals surface area contributed by atoms with Gasteiger partial charge >= 0.3 is 11.9 Å². The number of alkyl halides is 1. The van der Waals surface area contributed by atoms with E-state index in [-0.39, 0.29) is 25.2 Å². The van der Waals surface area contributed by atoms with Gasteiger partial charge in [0.2, 0.25) is 0 Å². The van der Waals surface area contributed by atoms with Crippen molar-refractivity contribution in [3.63, 3.8) is 0 Å². The third-order valence-corrected chi connectivity index (χ3v) is 11.1. The zero-order valence-electron chi connectivity index (χ0n) is 32.7. The maximum absolute atomic E-state index is 12.9. The lowest BCUT2D eigenvalue weighted by atomic mass is 9.88. The fourth-order valence-corrected chi connectivity index (χ4v) is 6.41. The van der Waals surface area contributed by atoms with Gasteiger partial charge in [0.05, 0.1) is 4.32 Å². The molecule has 0 aromatic heterocycles. The lowest BCUT2D eigenvalue weighted by Gasteiger charge is -2.41.